The Morgan fingerprint density at radius 3 is 2.65 bits per heavy atom. The highest BCUT2D eigenvalue weighted by Gasteiger charge is 2.07. The van der Waals surface area contributed by atoms with Gasteiger partial charge < -0.3 is 10.3 Å². The van der Waals surface area contributed by atoms with Gasteiger partial charge in [-0.25, -0.2) is 4.98 Å². The van der Waals surface area contributed by atoms with Crippen LogP contribution in [0, 0.1) is 0 Å². The maximum atomic E-state index is 12.2. The maximum absolute atomic E-state index is 12.2. The molecule has 2 aromatic carbocycles. The van der Waals surface area contributed by atoms with Crippen LogP contribution < -0.4 is 10.9 Å². The Labute approximate surface area is 153 Å². The van der Waals surface area contributed by atoms with Gasteiger partial charge in [0.2, 0.25) is 0 Å². The van der Waals surface area contributed by atoms with Gasteiger partial charge in [0.15, 0.2) is 0 Å². The zero-order valence-corrected chi connectivity index (χ0v) is 15.5. The van der Waals surface area contributed by atoms with Crippen LogP contribution in [0.1, 0.15) is 5.82 Å². The fraction of sp³-hybridized carbons (Fsp3) is 0. The molecule has 3 aromatic rings. The molecule has 0 atom stereocenters. The first kappa shape index (κ1) is 16.2. The van der Waals surface area contributed by atoms with E-state index in [0.29, 0.717) is 21.7 Å². The second-order valence-electron chi connectivity index (χ2n) is 4.72. The number of anilines is 1. The molecule has 0 radical (unpaired) electrons. The Morgan fingerprint density at radius 1 is 1.17 bits per heavy atom. The van der Waals surface area contributed by atoms with Crippen LogP contribution in [0.15, 0.2) is 56.3 Å². The molecule has 0 spiro atoms. The second kappa shape index (κ2) is 6.86. The molecule has 1 heterocycles. The first-order chi connectivity index (χ1) is 11.0. The lowest BCUT2D eigenvalue weighted by Gasteiger charge is -2.03. The lowest BCUT2D eigenvalue weighted by Crippen LogP contribution is -2.10. The molecule has 23 heavy (non-hydrogen) atoms. The van der Waals surface area contributed by atoms with Gasteiger partial charge in [0, 0.05) is 25.9 Å². The van der Waals surface area contributed by atoms with Crippen LogP contribution in [-0.4, -0.2) is 9.97 Å². The molecule has 0 bridgehead atoms. The summed E-state index contributed by atoms with van der Waals surface area (Å²) >= 11 is 12.6. The van der Waals surface area contributed by atoms with Crippen molar-refractivity contribution in [2.45, 2.75) is 0 Å². The van der Waals surface area contributed by atoms with Gasteiger partial charge in [-0.15, -0.1) is 0 Å². The molecule has 3 rings (SSSR count). The summed E-state index contributed by atoms with van der Waals surface area (Å²) in [6.45, 7) is 0. The fourth-order valence-electron chi connectivity index (χ4n) is 2.03. The van der Waals surface area contributed by atoms with Crippen LogP contribution >= 0.6 is 43.5 Å². The zero-order chi connectivity index (χ0) is 16.4. The normalized spacial score (nSPS) is 11.3. The Kier molecular flexibility index (Phi) is 4.84. The highest BCUT2D eigenvalue weighted by atomic mass is 79.9. The van der Waals surface area contributed by atoms with E-state index in [9.17, 15) is 4.79 Å². The molecule has 7 heteroatoms. The predicted octanol–water partition coefficient (Wildman–Crippen LogP) is 5.18. The van der Waals surface area contributed by atoms with Crippen molar-refractivity contribution in [3.63, 3.8) is 0 Å². The average molecular weight is 456 g/mol. The standard InChI is InChI=1S/C16H10Br2ClN3O/c17-9-7-12-15(13(18)8-9)21-14(22-16(12)23)5-6-20-11-3-1-10(19)2-4-11/h1-8,20H,(H,21,22,23)/b6-5+. The molecule has 0 fully saturated rings. The Balaban J connectivity index is 1.90. The molecular weight excluding hydrogens is 445 g/mol. The Morgan fingerprint density at radius 2 is 1.91 bits per heavy atom. The van der Waals surface area contributed by atoms with Crippen LogP contribution in [0.25, 0.3) is 17.0 Å². The number of hydrogen-bond donors (Lipinski definition) is 2. The molecule has 0 saturated heterocycles. The number of rotatable bonds is 3. The Hall–Kier alpha value is -1.63. The molecule has 2 N–H and O–H groups in total. The number of nitrogens with one attached hydrogen (secondary N) is 2. The highest BCUT2D eigenvalue weighted by Crippen LogP contribution is 2.25. The van der Waals surface area contributed by atoms with Crippen LogP contribution in [0.4, 0.5) is 5.69 Å². The van der Waals surface area contributed by atoms with Crippen molar-refractivity contribution < 1.29 is 0 Å². The molecule has 0 aliphatic carbocycles. The van der Waals surface area contributed by atoms with Gasteiger partial charge in [-0.1, -0.05) is 27.5 Å². The van der Waals surface area contributed by atoms with E-state index in [0.717, 1.165) is 14.6 Å². The van der Waals surface area contributed by atoms with Gasteiger partial charge in [0.1, 0.15) is 5.82 Å². The van der Waals surface area contributed by atoms with Crippen LogP contribution in [0.2, 0.25) is 5.02 Å². The maximum Gasteiger partial charge on any atom is 0.259 e. The number of H-pyrrole nitrogens is 1. The number of aromatic nitrogens is 2. The van der Waals surface area contributed by atoms with Crippen molar-refractivity contribution in [3.05, 3.63) is 72.7 Å². The zero-order valence-electron chi connectivity index (χ0n) is 11.6. The number of benzene rings is 2. The molecule has 0 unspecified atom stereocenters. The summed E-state index contributed by atoms with van der Waals surface area (Å²) < 4.78 is 1.57. The minimum absolute atomic E-state index is 0.192. The summed E-state index contributed by atoms with van der Waals surface area (Å²) in [6.07, 6.45) is 3.41. The van der Waals surface area contributed by atoms with Crippen molar-refractivity contribution in [2.24, 2.45) is 0 Å². The average Bonchev–Trinajstić information content (AvgIpc) is 2.50. The number of halogens is 3. The van der Waals surface area contributed by atoms with E-state index in [1.165, 1.54) is 0 Å². The summed E-state index contributed by atoms with van der Waals surface area (Å²) in [7, 11) is 0. The molecule has 116 valence electrons. The highest BCUT2D eigenvalue weighted by molar-refractivity contribution is 9.11. The minimum Gasteiger partial charge on any atom is -0.362 e. The van der Waals surface area contributed by atoms with Crippen LogP contribution in [0.3, 0.4) is 0 Å². The monoisotopic (exact) mass is 453 g/mol. The number of nitrogens with zero attached hydrogens (tertiary/aromatic N) is 1. The van der Waals surface area contributed by atoms with Gasteiger partial charge in [0.05, 0.1) is 10.9 Å². The SMILES string of the molecule is O=c1[nH]c(/C=C/Nc2ccc(Cl)cc2)nc2c(Br)cc(Br)cc12. The third-order valence-electron chi connectivity index (χ3n) is 3.08. The van der Waals surface area contributed by atoms with E-state index in [1.54, 1.807) is 30.5 Å². The number of hydrogen-bond acceptors (Lipinski definition) is 3. The summed E-state index contributed by atoms with van der Waals surface area (Å²) in [5, 5.41) is 4.29. The molecule has 0 amide bonds. The Bertz CT molecular complexity index is 952. The molecule has 0 aliphatic heterocycles. The van der Waals surface area contributed by atoms with E-state index in [1.807, 2.05) is 18.2 Å². The van der Waals surface area contributed by atoms with Crippen molar-refractivity contribution >= 4 is 66.1 Å². The number of aromatic amines is 1. The van der Waals surface area contributed by atoms with Crippen molar-refractivity contribution in [2.75, 3.05) is 5.32 Å². The second-order valence-corrected chi connectivity index (χ2v) is 6.93. The quantitative estimate of drug-likeness (QED) is 0.572. The van der Waals surface area contributed by atoms with E-state index < -0.39 is 0 Å². The lowest BCUT2D eigenvalue weighted by atomic mass is 10.2. The lowest BCUT2D eigenvalue weighted by molar-refractivity contribution is 1.13. The molecule has 4 nitrogen and oxygen atoms in total. The fourth-order valence-corrected chi connectivity index (χ4v) is 3.47. The summed E-state index contributed by atoms with van der Waals surface area (Å²) in [4.78, 5) is 19.4. The van der Waals surface area contributed by atoms with Crippen LogP contribution in [-0.2, 0) is 0 Å². The van der Waals surface area contributed by atoms with Crippen molar-refractivity contribution in [1.29, 1.82) is 0 Å². The summed E-state index contributed by atoms with van der Waals surface area (Å²) in [5.74, 6) is 0.465. The minimum atomic E-state index is -0.192. The first-order valence-electron chi connectivity index (χ1n) is 6.61. The predicted molar refractivity (Wildman–Crippen MR) is 102 cm³/mol. The number of fused-ring (bicyclic) bond motifs is 1. The van der Waals surface area contributed by atoms with E-state index in [4.69, 9.17) is 11.6 Å². The van der Waals surface area contributed by atoms with Gasteiger partial charge in [-0.3, -0.25) is 4.79 Å². The van der Waals surface area contributed by atoms with E-state index in [-0.39, 0.29) is 5.56 Å². The van der Waals surface area contributed by atoms with Gasteiger partial charge >= 0.3 is 0 Å². The third kappa shape index (κ3) is 3.83. The van der Waals surface area contributed by atoms with Crippen molar-refractivity contribution in [3.8, 4) is 0 Å². The smallest absolute Gasteiger partial charge is 0.259 e. The summed E-state index contributed by atoms with van der Waals surface area (Å²) in [5.41, 5.74) is 1.31. The molecule has 0 aliphatic rings. The van der Waals surface area contributed by atoms with Gasteiger partial charge in [0.25, 0.3) is 5.56 Å². The van der Waals surface area contributed by atoms with Gasteiger partial charge in [-0.05, 0) is 58.4 Å². The van der Waals surface area contributed by atoms with Crippen LogP contribution in [0.5, 0.6) is 0 Å². The van der Waals surface area contributed by atoms with Crippen molar-refractivity contribution in [1.82, 2.24) is 9.97 Å². The van der Waals surface area contributed by atoms with E-state index >= 15 is 0 Å². The topological polar surface area (TPSA) is 57.8 Å². The third-order valence-corrected chi connectivity index (χ3v) is 4.40. The first-order valence-corrected chi connectivity index (χ1v) is 8.57. The largest absolute Gasteiger partial charge is 0.362 e. The molecule has 0 saturated carbocycles. The van der Waals surface area contributed by atoms with Gasteiger partial charge in [-0.2, -0.15) is 0 Å². The summed E-state index contributed by atoms with van der Waals surface area (Å²) in [6, 6.07) is 10.9. The molecule has 1 aromatic heterocycles. The van der Waals surface area contributed by atoms with E-state index in [2.05, 4.69) is 47.1 Å². The molecular formula is C16H10Br2ClN3O.